The first kappa shape index (κ1) is 21.8. The van der Waals surface area contributed by atoms with E-state index in [-0.39, 0.29) is 28.1 Å². The highest BCUT2D eigenvalue weighted by Gasteiger charge is 2.55. The predicted octanol–water partition coefficient (Wildman–Crippen LogP) is -1.24. The number of hydrogen-bond donors (Lipinski definition) is 3. The molecule has 2 amide bonds. The highest BCUT2D eigenvalue weighted by molar-refractivity contribution is 8.00. The predicted molar refractivity (Wildman–Crippen MR) is 119 cm³/mol. The average molecular weight is 503 g/mol. The third kappa shape index (κ3) is 3.43. The fourth-order valence-corrected chi connectivity index (χ4v) is 5.49. The van der Waals surface area contributed by atoms with Gasteiger partial charge in [0.2, 0.25) is 11.5 Å². The zero-order chi connectivity index (χ0) is 24.0. The molecule has 3 aromatic heterocycles. The molecular weight excluding hydrogens is 486 g/mol. The van der Waals surface area contributed by atoms with Crippen LogP contribution in [0.15, 0.2) is 41.6 Å². The number of aromatic nitrogens is 5. The minimum Gasteiger partial charge on any atom is -0.476 e. The number of β-lactam (4-membered cyclic amide) rings is 1. The van der Waals surface area contributed by atoms with Gasteiger partial charge in [0.15, 0.2) is 22.7 Å². The summed E-state index contributed by atoms with van der Waals surface area (Å²) in [5.41, 5.74) is 6.24. The Hall–Kier alpha value is -4.05. The molecule has 0 bridgehead atoms. The molecule has 34 heavy (non-hydrogen) atoms. The molecule has 0 saturated carbocycles. The van der Waals surface area contributed by atoms with E-state index in [9.17, 15) is 19.5 Å². The number of carboxylic acids is 1. The fraction of sp³-hybridized carbons (Fsp3) is 0.222. The Morgan fingerprint density at radius 3 is 2.97 bits per heavy atom. The smallest absolute Gasteiger partial charge is 0.356 e. The number of thioether (sulfide) groups is 1. The third-order valence-corrected chi connectivity index (χ3v) is 6.95. The van der Waals surface area contributed by atoms with Crippen molar-refractivity contribution >= 4 is 63.3 Å². The first-order valence-electron chi connectivity index (χ1n) is 9.67. The van der Waals surface area contributed by atoms with Gasteiger partial charge in [-0.2, -0.15) is 13.9 Å². The van der Waals surface area contributed by atoms with Gasteiger partial charge in [0, 0.05) is 17.6 Å². The molecular formula is C18H16N9O5S2+. The Morgan fingerprint density at radius 2 is 2.26 bits per heavy atom. The number of fused-ring (bicyclic) bond motifs is 2. The van der Waals surface area contributed by atoms with E-state index in [1.165, 1.54) is 23.8 Å². The number of nitrogens with one attached hydrogen (secondary N) is 1. The Morgan fingerprint density at radius 1 is 1.44 bits per heavy atom. The molecule has 4 N–H and O–H groups in total. The van der Waals surface area contributed by atoms with E-state index in [1.807, 2.05) is 0 Å². The number of nitrogens with zero attached hydrogens (tertiary/aromatic N) is 7. The van der Waals surface area contributed by atoms with E-state index in [1.54, 1.807) is 39.8 Å². The normalized spacial score (nSPS) is 20.2. The van der Waals surface area contributed by atoms with Crippen LogP contribution in [-0.2, 0) is 19.2 Å². The van der Waals surface area contributed by atoms with E-state index < -0.39 is 29.2 Å². The van der Waals surface area contributed by atoms with Crippen LogP contribution in [-0.4, -0.2) is 76.8 Å². The van der Waals surface area contributed by atoms with Crippen molar-refractivity contribution in [2.45, 2.75) is 11.4 Å². The summed E-state index contributed by atoms with van der Waals surface area (Å²) in [6.45, 7) is 0. The summed E-state index contributed by atoms with van der Waals surface area (Å²) in [5, 5.41) is 19.9. The number of amides is 2. The van der Waals surface area contributed by atoms with E-state index >= 15 is 0 Å². The maximum Gasteiger partial charge on any atom is 0.356 e. The van der Waals surface area contributed by atoms with Crippen LogP contribution in [0.3, 0.4) is 0 Å². The number of carbonyl (C=O) groups is 3. The van der Waals surface area contributed by atoms with Gasteiger partial charge in [-0.3, -0.25) is 14.5 Å². The van der Waals surface area contributed by atoms with Crippen molar-refractivity contribution in [2.75, 3.05) is 18.6 Å². The molecule has 1 saturated heterocycles. The van der Waals surface area contributed by atoms with Crippen LogP contribution >= 0.6 is 23.3 Å². The number of carbonyl (C=O) groups excluding carboxylic acids is 2. The molecule has 3 aromatic rings. The van der Waals surface area contributed by atoms with Crippen LogP contribution in [0.5, 0.6) is 0 Å². The largest absolute Gasteiger partial charge is 0.476 e. The Labute approximate surface area is 198 Å². The van der Waals surface area contributed by atoms with Crippen LogP contribution in [0.1, 0.15) is 5.82 Å². The van der Waals surface area contributed by atoms with E-state index in [4.69, 9.17) is 10.6 Å². The van der Waals surface area contributed by atoms with E-state index in [0.717, 1.165) is 11.5 Å². The summed E-state index contributed by atoms with van der Waals surface area (Å²) >= 11 is 2.20. The minimum absolute atomic E-state index is 0.0409. The third-order valence-electron chi connectivity index (χ3n) is 5.14. The lowest BCUT2D eigenvalue weighted by Crippen LogP contribution is -2.71. The molecule has 1 fully saturated rings. The van der Waals surface area contributed by atoms with Gasteiger partial charge in [0.05, 0.1) is 11.9 Å². The molecule has 5 heterocycles. The molecule has 0 aliphatic carbocycles. The maximum absolute atomic E-state index is 13.0. The van der Waals surface area contributed by atoms with E-state index in [0.29, 0.717) is 11.3 Å². The number of carboxylic acid groups (broad SMARTS) is 1. The molecule has 174 valence electrons. The maximum atomic E-state index is 13.0. The van der Waals surface area contributed by atoms with Crippen molar-refractivity contribution in [2.24, 2.45) is 5.16 Å². The Balaban J connectivity index is 1.43. The minimum atomic E-state index is -1.25. The van der Waals surface area contributed by atoms with Gasteiger partial charge in [-0.15, -0.1) is 16.3 Å². The number of hydrogen-bond acceptors (Lipinski definition) is 11. The number of aliphatic carboxylic acids is 1. The summed E-state index contributed by atoms with van der Waals surface area (Å²) in [5.74, 6) is -2.32. The van der Waals surface area contributed by atoms with Gasteiger partial charge in [-0.25, -0.2) is 4.79 Å². The summed E-state index contributed by atoms with van der Waals surface area (Å²) in [7, 11) is 1.25. The second kappa shape index (κ2) is 8.38. The summed E-state index contributed by atoms with van der Waals surface area (Å²) in [4.78, 5) is 47.8. The number of rotatable bonds is 6. The van der Waals surface area contributed by atoms with Crippen molar-refractivity contribution in [1.82, 2.24) is 29.2 Å². The van der Waals surface area contributed by atoms with Gasteiger partial charge in [-0.1, -0.05) is 10.3 Å². The molecule has 0 radical (unpaired) electrons. The van der Waals surface area contributed by atoms with Gasteiger partial charge >= 0.3 is 11.6 Å². The lowest BCUT2D eigenvalue weighted by Gasteiger charge is -2.48. The number of nitrogens with two attached hydrogens (primary N) is 1. The molecule has 2 aliphatic heterocycles. The summed E-state index contributed by atoms with van der Waals surface area (Å²) in [6, 6.07) is 2.55. The molecule has 2 aliphatic rings. The number of anilines is 1. The van der Waals surface area contributed by atoms with Crippen molar-refractivity contribution in [3.63, 3.8) is 0 Å². The number of imidazole rings is 1. The van der Waals surface area contributed by atoms with Crippen LogP contribution in [0.25, 0.3) is 11.3 Å². The standard InChI is InChI=1S/C18H15N9O5S2/c1-32-23-10(13-22-18(19)34-24-13)14(28)21-11-15(29)27-12(17(30)31)8(7-33-16(11)27)25-5-6-26-9(25)3-2-4-20-26/h2-6,11,16H,7H2,1H3,(H3-,19,21,22,24,28,30,31)/p+1/b23-10+. The van der Waals surface area contributed by atoms with Crippen molar-refractivity contribution < 1.29 is 28.9 Å². The van der Waals surface area contributed by atoms with E-state index in [2.05, 4.69) is 24.9 Å². The zero-order valence-corrected chi connectivity index (χ0v) is 19.0. The van der Waals surface area contributed by atoms with Crippen LogP contribution < -0.4 is 15.6 Å². The second-order valence-corrected chi connectivity index (χ2v) is 8.92. The van der Waals surface area contributed by atoms with Gasteiger partial charge in [0.25, 0.3) is 11.8 Å². The summed E-state index contributed by atoms with van der Waals surface area (Å²) in [6.07, 6.45) is 4.98. The molecule has 0 spiro atoms. The van der Waals surface area contributed by atoms with Crippen LogP contribution in [0.2, 0.25) is 0 Å². The zero-order valence-electron chi connectivity index (χ0n) is 17.4. The van der Waals surface area contributed by atoms with Crippen LogP contribution in [0.4, 0.5) is 5.13 Å². The first-order chi connectivity index (χ1) is 16.4. The van der Waals surface area contributed by atoms with Gasteiger partial charge in [-0.05, 0) is 6.07 Å². The first-order valence-corrected chi connectivity index (χ1v) is 11.5. The molecule has 16 heteroatoms. The fourth-order valence-electron chi connectivity index (χ4n) is 3.72. The topological polar surface area (TPSA) is 181 Å². The molecule has 0 aromatic carbocycles. The monoisotopic (exact) mass is 502 g/mol. The van der Waals surface area contributed by atoms with Crippen molar-refractivity contribution in [1.29, 1.82) is 0 Å². The van der Waals surface area contributed by atoms with Gasteiger partial charge in [0.1, 0.15) is 24.7 Å². The average Bonchev–Trinajstić information content (AvgIpc) is 3.45. The van der Waals surface area contributed by atoms with Gasteiger partial charge < -0.3 is 21.0 Å². The second-order valence-electron chi connectivity index (χ2n) is 7.03. The molecule has 2 atom stereocenters. The quantitative estimate of drug-likeness (QED) is 0.160. The Bertz CT molecular complexity index is 1400. The SMILES string of the molecule is CO/N=C(/C(=O)NC1C(=O)N2C(C(=O)O)=C([n+]3ccn4ncccc43)CSC12)c1nsc(N)n1. The molecule has 5 rings (SSSR count). The Kier molecular flexibility index (Phi) is 5.37. The number of nitrogen functional groups attached to an aromatic ring is 1. The summed E-state index contributed by atoms with van der Waals surface area (Å²) < 4.78 is 7.22. The number of oxime groups is 1. The molecule has 2 unspecified atom stereocenters. The van der Waals surface area contributed by atoms with Crippen molar-refractivity contribution in [3.8, 4) is 0 Å². The lowest BCUT2D eigenvalue weighted by molar-refractivity contribution is -0.552. The highest BCUT2D eigenvalue weighted by atomic mass is 32.2. The van der Waals surface area contributed by atoms with Crippen molar-refractivity contribution in [3.05, 3.63) is 42.2 Å². The highest BCUT2D eigenvalue weighted by Crippen LogP contribution is 2.40. The van der Waals surface area contributed by atoms with Crippen LogP contribution in [0, 0.1) is 0 Å². The lowest BCUT2D eigenvalue weighted by atomic mass is 10.0. The molecule has 14 nitrogen and oxygen atoms in total.